The van der Waals surface area contributed by atoms with Crippen molar-refractivity contribution in [3.63, 3.8) is 0 Å². The van der Waals surface area contributed by atoms with Gasteiger partial charge in [0.1, 0.15) is 6.54 Å². The molecule has 15 heavy (non-hydrogen) atoms. The average Bonchev–Trinajstić information content (AvgIpc) is 2.68. The molecule has 0 bridgehead atoms. The molecule has 0 aromatic carbocycles. The molecule has 2 heterocycles. The highest BCUT2D eigenvalue weighted by molar-refractivity contribution is 5.46. The third kappa shape index (κ3) is 1.72. The van der Waals surface area contributed by atoms with Gasteiger partial charge in [0.2, 0.25) is 0 Å². The second kappa shape index (κ2) is 3.42. The minimum atomic E-state index is 0.574. The maximum atomic E-state index is 5.83. The standard InChI is InChI=1S/C10H14N4O/c1-6-4-9(15-13-6)5-14-8(3)10(11)7(2)12-14/h4H,5,11H2,1-3H3. The number of aryl methyl sites for hydroxylation is 2. The van der Waals surface area contributed by atoms with Crippen molar-refractivity contribution in [2.24, 2.45) is 0 Å². The van der Waals surface area contributed by atoms with Gasteiger partial charge in [-0.05, 0) is 20.8 Å². The number of nitrogens with two attached hydrogens (primary N) is 1. The molecule has 0 aliphatic heterocycles. The Morgan fingerprint density at radius 3 is 2.60 bits per heavy atom. The number of anilines is 1. The van der Waals surface area contributed by atoms with E-state index in [4.69, 9.17) is 10.3 Å². The molecule has 0 saturated heterocycles. The molecule has 0 fully saturated rings. The number of hydrogen-bond donors (Lipinski definition) is 1. The Bertz CT molecular complexity index is 484. The highest BCUT2D eigenvalue weighted by atomic mass is 16.5. The summed E-state index contributed by atoms with van der Waals surface area (Å²) in [6, 6.07) is 1.90. The Morgan fingerprint density at radius 2 is 2.13 bits per heavy atom. The van der Waals surface area contributed by atoms with Crippen molar-refractivity contribution in [2.45, 2.75) is 27.3 Å². The van der Waals surface area contributed by atoms with Crippen molar-refractivity contribution in [3.05, 3.63) is 28.9 Å². The number of aromatic nitrogens is 3. The Hall–Kier alpha value is -1.78. The molecule has 0 unspecified atom stereocenters. The molecule has 0 aliphatic carbocycles. The summed E-state index contributed by atoms with van der Waals surface area (Å²) >= 11 is 0. The summed E-state index contributed by atoms with van der Waals surface area (Å²) in [6.07, 6.45) is 0. The topological polar surface area (TPSA) is 69.9 Å². The van der Waals surface area contributed by atoms with Crippen LogP contribution in [0.15, 0.2) is 10.6 Å². The summed E-state index contributed by atoms with van der Waals surface area (Å²) in [5, 5.41) is 8.14. The van der Waals surface area contributed by atoms with Gasteiger partial charge in [0.25, 0.3) is 0 Å². The van der Waals surface area contributed by atoms with E-state index in [0.717, 1.165) is 28.5 Å². The summed E-state index contributed by atoms with van der Waals surface area (Å²) in [6.45, 7) is 6.30. The monoisotopic (exact) mass is 206 g/mol. The highest BCUT2D eigenvalue weighted by Gasteiger charge is 2.10. The fraction of sp³-hybridized carbons (Fsp3) is 0.400. The predicted octanol–water partition coefficient (Wildman–Crippen LogP) is 1.43. The Labute approximate surface area is 87.9 Å². The zero-order valence-electron chi connectivity index (χ0n) is 9.11. The molecular formula is C10H14N4O. The molecule has 5 nitrogen and oxygen atoms in total. The second-order valence-electron chi connectivity index (χ2n) is 3.68. The molecule has 2 aromatic rings. The third-order valence-electron chi connectivity index (χ3n) is 2.42. The fourth-order valence-corrected chi connectivity index (χ4v) is 1.50. The van der Waals surface area contributed by atoms with Crippen LogP contribution in [0.4, 0.5) is 5.69 Å². The zero-order chi connectivity index (χ0) is 11.0. The molecule has 80 valence electrons. The Morgan fingerprint density at radius 1 is 1.40 bits per heavy atom. The first-order valence-corrected chi connectivity index (χ1v) is 4.79. The van der Waals surface area contributed by atoms with Crippen LogP contribution < -0.4 is 5.73 Å². The summed E-state index contributed by atoms with van der Waals surface area (Å²) in [4.78, 5) is 0. The quantitative estimate of drug-likeness (QED) is 0.806. The van der Waals surface area contributed by atoms with Gasteiger partial charge in [-0.3, -0.25) is 4.68 Å². The molecule has 0 atom stereocenters. The van der Waals surface area contributed by atoms with Crippen molar-refractivity contribution < 1.29 is 4.52 Å². The van der Waals surface area contributed by atoms with Gasteiger partial charge in [0.15, 0.2) is 5.76 Å². The lowest BCUT2D eigenvalue weighted by Gasteiger charge is -1.99. The molecule has 0 aliphatic rings. The molecule has 2 N–H and O–H groups in total. The lowest BCUT2D eigenvalue weighted by atomic mass is 10.3. The van der Waals surface area contributed by atoms with E-state index in [1.54, 1.807) is 0 Å². The van der Waals surface area contributed by atoms with Crippen LogP contribution in [0.2, 0.25) is 0 Å². The fourth-order valence-electron chi connectivity index (χ4n) is 1.50. The first-order valence-electron chi connectivity index (χ1n) is 4.79. The van der Waals surface area contributed by atoms with E-state index in [1.165, 1.54) is 0 Å². The third-order valence-corrected chi connectivity index (χ3v) is 2.42. The van der Waals surface area contributed by atoms with E-state index in [2.05, 4.69) is 10.3 Å². The average molecular weight is 206 g/mol. The number of rotatable bonds is 2. The lowest BCUT2D eigenvalue weighted by Crippen LogP contribution is -2.03. The maximum absolute atomic E-state index is 5.83. The molecule has 0 amide bonds. The van der Waals surface area contributed by atoms with Crippen molar-refractivity contribution in [1.82, 2.24) is 14.9 Å². The van der Waals surface area contributed by atoms with Crippen LogP contribution in [0.5, 0.6) is 0 Å². The van der Waals surface area contributed by atoms with Gasteiger partial charge < -0.3 is 10.3 Å². The SMILES string of the molecule is Cc1cc(Cn2nc(C)c(N)c2C)on1. The summed E-state index contributed by atoms with van der Waals surface area (Å²) < 4.78 is 6.94. The van der Waals surface area contributed by atoms with E-state index in [0.29, 0.717) is 6.54 Å². The van der Waals surface area contributed by atoms with Crippen LogP contribution >= 0.6 is 0 Å². The van der Waals surface area contributed by atoms with Crippen LogP contribution in [0.1, 0.15) is 22.8 Å². The van der Waals surface area contributed by atoms with Crippen molar-refractivity contribution in [2.75, 3.05) is 5.73 Å². The van der Waals surface area contributed by atoms with Crippen LogP contribution in [-0.2, 0) is 6.54 Å². The molecular weight excluding hydrogens is 192 g/mol. The van der Waals surface area contributed by atoms with Gasteiger partial charge in [-0.15, -0.1) is 0 Å². The van der Waals surface area contributed by atoms with Gasteiger partial charge in [0, 0.05) is 6.07 Å². The van der Waals surface area contributed by atoms with Gasteiger partial charge in [0.05, 0.1) is 22.8 Å². The molecule has 0 radical (unpaired) electrons. The molecule has 0 spiro atoms. The normalized spacial score (nSPS) is 10.9. The number of nitrogen functional groups attached to an aromatic ring is 1. The molecule has 2 aromatic heterocycles. The van der Waals surface area contributed by atoms with Crippen LogP contribution in [0.3, 0.4) is 0 Å². The van der Waals surface area contributed by atoms with E-state index < -0.39 is 0 Å². The highest BCUT2D eigenvalue weighted by Crippen LogP contribution is 2.16. The number of nitrogens with zero attached hydrogens (tertiary/aromatic N) is 3. The van der Waals surface area contributed by atoms with Crippen molar-refractivity contribution >= 4 is 5.69 Å². The van der Waals surface area contributed by atoms with Crippen molar-refractivity contribution in [3.8, 4) is 0 Å². The lowest BCUT2D eigenvalue weighted by molar-refractivity contribution is 0.367. The minimum Gasteiger partial charge on any atom is -0.396 e. The van der Waals surface area contributed by atoms with Gasteiger partial charge in [-0.2, -0.15) is 5.10 Å². The molecule has 2 rings (SSSR count). The zero-order valence-corrected chi connectivity index (χ0v) is 9.11. The van der Waals surface area contributed by atoms with Crippen LogP contribution in [-0.4, -0.2) is 14.9 Å². The predicted molar refractivity (Wildman–Crippen MR) is 56.5 cm³/mol. The van der Waals surface area contributed by atoms with E-state index in [9.17, 15) is 0 Å². The van der Waals surface area contributed by atoms with Crippen LogP contribution in [0, 0.1) is 20.8 Å². The first-order chi connectivity index (χ1) is 7.08. The largest absolute Gasteiger partial charge is 0.396 e. The van der Waals surface area contributed by atoms with E-state index in [-0.39, 0.29) is 0 Å². The Kier molecular flexibility index (Phi) is 2.22. The smallest absolute Gasteiger partial charge is 0.158 e. The second-order valence-corrected chi connectivity index (χ2v) is 3.68. The minimum absolute atomic E-state index is 0.574. The first kappa shape index (κ1) is 9.76. The van der Waals surface area contributed by atoms with E-state index in [1.807, 2.05) is 31.5 Å². The van der Waals surface area contributed by atoms with Crippen LogP contribution in [0.25, 0.3) is 0 Å². The van der Waals surface area contributed by atoms with E-state index >= 15 is 0 Å². The summed E-state index contributed by atoms with van der Waals surface area (Å²) in [5.41, 5.74) is 9.26. The molecule has 5 heteroatoms. The van der Waals surface area contributed by atoms with Gasteiger partial charge in [-0.1, -0.05) is 5.16 Å². The van der Waals surface area contributed by atoms with Crippen molar-refractivity contribution in [1.29, 1.82) is 0 Å². The molecule has 0 saturated carbocycles. The maximum Gasteiger partial charge on any atom is 0.158 e. The number of hydrogen-bond acceptors (Lipinski definition) is 4. The van der Waals surface area contributed by atoms with Gasteiger partial charge >= 0.3 is 0 Å². The summed E-state index contributed by atoms with van der Waals surface area (Å²) in [5.74, 6) is 0.790. The summed E-state index contributed by atoms with van der Waals surface area (Å²) in [7, 11) is 0. The Balaban J connectivity index is 2.28. The van der Waals surface area contributed by atoms with Gasteiger partial charge in [-0.25, -0.2) is 0 Å².